The van der Waals surface area contributed by atoms with Crippen LogP contribution in [-0.2, 0) is 0 Å². The molecule has 7 heteroatoms. The minimum atomic E-state index is -4.50. The topological polar surface area (TPSA) is 32.6 Å². The van der Waals surface area contributed by atoms with Gasteiger partial charge in [-0.25, -0.2) is 0 Å². The van der Waals surface area contributed by atoms with Gasteiger partial charge in [-0.15, -0.1) is 0 Å². The number of oxime groups is 1. The third-order valence-corrected chi connectivity index (χ3v) is 1.71. The lowest BCUT2D eigenvalue weighted by Crippen LogP contribution is -2.10. The van der Waals surface area contributed by atoms with E-state index in [4.69, 9.17) is 16.8 Å². The van der Waals surface area contributed by atoms with Crippen LogP contribution in [0.2, 0.25) is 0 Å². The van der Waals surface area contributed by atoms with Crippen LogP contribution in [0, 0.1) is 0 Å². The molecule has 0 rings (SSSR count). The molecule has 0 saturated carbocycles. The molecular weight excluding hydrogens is 321 g/mol. The van der Waals surface area contributed by atoms with E-state index in [9.17, 15) is 13.2 Å². The van der Waals surface area contributed by atoms with Gasteiger partial charge in [0.2, 0.25) is 0 Å². The molecule has 74 valence electrons. The minimum Gasteiger partial charge on any atom is -0.411 e. The van der Waals surface area contributed by atoms with Gasteiger partial charge in [-0.1, -0.05) is 16.8 Å². The van der Waals surface area contributed by atoms with Crippen molar-refractivity contribution in [3.63, 3.8) is 0 Å². The van der Waals surface area contributed by atoms with Crippen LogP contribution in [0.3, 0.4) is 0 Å². The fourth-order valence-electron chi connectivity index (χ4n) is 0.442. The van der Waals surface area contributed by atoms with Crippen LogP contribution in [-0.4, -0.2) is 17.6 Å². The number of halogens is 5. The molecule has 0 aromatic carbocycles. The molecule has 0 aliphatic heterocycles. The maximum atomic E-state index is 12.1. The summed E-state index contributed by atoms with van der Waals surface area (Å²) < 4.78 is 35.9. The number of rotatable bonds is 2. The quantitative estimate of drug-likeness (QED) is 0.272. The number of hydrogen-bond acceptors (Lipinski definition) is 2. The third-order valence-electron chi connectivity index (χ3n) is 0.925. The first-order valence-electron chi connectivity index (χ1n) is 2.86. The SMILES string of the molecule is O/N=C/C=C\C(=C(\Cl)I)C(F)(F)F. The van der Waals surface area contributed by atoms with Crippen LogP contribution < -0.4 is 0 Å². The lowest BCUT2D eigenvalue weighted by Gasteiger charge is -2.06. The zero-order valence-electron chi connectivity index (χ0n) is 6.02. The smallest absolute Gasteiger partial charge is 0.411 e. The third kappa shape index (κ3) is 5.14. The van der Waals surface area contributed by atoms with Crippen LogP contribution in [0.5, 0.6) is 0 Å². The molecule has 0 unspecified atom stereocenters. The molecule has 0 aromatic rings. The Bertz CT molecular complexity index is 255. The Hall–Kier alpha value is -0.240. The van der Waals surface area contributed by atoms with E-state index in [0.29, 0.717) is 6.08 Å². The van der Waals surface area contributed by atoms with Crippen molar-refractivity contribution in [2.75, 3.05) is 0 Å². The van der Waals surface area contributed by atoms with Crippen molar-refractivity contribution in [1.29, 1.82) is 0 Å². The van der Waals surface area contributed by atoms with E-state index in [2.05, 4.69) is 5.16 Å². The van der Waals surface area contributed by atoms with Crippen molar-refractivity contribution in [3.8, 4) is 0 Å². The standard InChI is InChI=1S/C6H4ClF3INO/c7-5(11)4(6(8,9)10)2-1-3-12-13/h1-3,13H/b2-1-,5-4+,12-3+. The Morgan fingerprint density at radius 2 is 2.00 bits per heavy atom. The molecule has 0 aromatic heterocycles. The Kier molecular flexibility index (Phi) is 5.38. The van der Waals surface area contributed by atoms with Gasteiger partial charge in [0.1, 0.15) is 0 Å². The fraction of sp³-hybridized carbons (Fsp3) is 0.167. The summed E-state index contributed by atoms with van der Waals surface area (Å²) in [5, 5.41) is 10.4. The first kappa shape index (κ1) is 12.8. The zero-order chi connectivity index (χ0) is 10.5. The molecular formula is C6H4ClF3INO. The second-order valence-corrected chi connectivity index (χ2v) is 3.89. The maximum absolute atomic E-state index is 12.1. The van der Waals surface area contributed by atoms with Crippen LogP contribution in [0.1, 0.15) is 0 Å². The van der Waals surface area contributed by atoms with Crippen molar-refractivity contribution in [1.82, 2.24) is 0 Å². The molecule has 0 radical (unpaired) electrons. The second kappa shape index (κ2) is 5.48. The molecule has 0 amide bonds. The Morgan fingerprint density at radius 1 is 1.46 bits per heavy atom. The van der Waals surface area contributed by atoms with Gasteiger partial charge in [-0.05, 0) is 34.7 Å². The van der Waals surface area contributed by atoms with Gasteiger partial charge >= 0.3 is 6.18 Å². The van der Waals surface area contributed by atoms with E-state index in [-0.39, 0.29) is 0 Å². The average molecular weight is 325 g/mol. The van der Waals surface area contributed by atoms with Gasteiger partial charge in [0, 0.05) is 0 Å². The Morgan fingerprint density at radius 3 is 2.31 bits per heavy atom. The van der Waals surface area contributed by atoms with E-state index in [1.807, 2.05) is 0 Å². The van der Waals surface area contributed by atoms with Crippen molar-refractivity contribution >= 4 is 40.4 Å². The van der Waals surface area contributed by atoms with Crippen molar-refractivity contribution in [2.24, 2.45) is 5.16 Å². The van der Waals surface area contributed by atoms with E-state index >= 15 is 0 Å². The first-order chi connectivity index (χ1) is 5.89. The summed E-state index contributed by atoms with van der Waals surface area (Å²) in [5.74, 6) is 0. The molecule has 0 saturated heterocycles. The summed E-state index contributed by atoms with van der Waals surface area (Å²) in [6.45, 7) is 0. The monoisotopic (exact) mass is 325 g/mol. The number of allylic oxidation sites excluding steroid dienone is 3. The van der Waals surface area contributed by atoms with Gasteiger partial charge < -0.3 is 5.21 Å². The fourth-order valence-corrected chi connectivity index (χ4v) is 1.10. The largest absolute Gasteiger partial charge is 0.418 e. The van der Waals surface area contributed by atoms with Gasteiger partial charge in [-0.3, -0.25) is 0 Å². The van der Waals surface area contributed by atoms with E-state index in [1.54, 1.807) is 0 Å². The van der Waals surface area contributed by atoms with Crippen LogP contribution >= 0.6 is 34.2 Å². The summed E-state index contributed by atoms with van der Waals surface area (Å²) >= 11 is 6.54. The highest BCUT2D eigenvalue weighted by Gasteiger charge is 2.33. The Labute approximate surface area is 90.9 Å². The molecule has 0 fully saturated rings. The summed E-state index contributed by atoms with van der Waals surface area (Å²) in [6.07, 6.45) is -2.04. The molecule has 2 nitrogen and oxygen atoms in total. The van der Waals surface area contributed by atoms with E-state index < -0.39 is 14.8 Å². The summed E-state index contributed by atoms with van der Waals surface area (Å²) in [4.78, 5) is 0. The molecule has 13 heavy (non-hydrogen) atoms. The van der Waals surface area contributed by atoms with Gasteiger partial charge in [0.25, 0.3) is 0 Å². The summed E-state index contributed by atoms with van der Waals surface area (Å²) in [7, 11) is 0. The zero-order valence-corrected chi connectivity index (χ0v) is 8.93. The second-order valence-electron chi connectivity index (χ2n) is 1.80. The predicted molar refractivity (Wildman–Crippen MR) is 52.4 cm³/mol. The van der Waals surface area contributed by atoms with Gasteiger partial charge in [0.05, 0.1) is 14.8 Å². The van der Waals surface area contributed by atoms with Crippen molar-refractivity contribution in [2.45, 2.75) is 6.18 Å². The Balaban J connectivity index is 4.78. The van der Waals surface area contributed by atoms with Crippen molar-refractivity contribution in [3.05, 3.63) is 20.8 Å². The molecule has 0 heterocycles. The summed E-state index contributed by atoms with van der Waals surface area (Å²) in [5.41, 5.74) is -0.977. The average Bonchev–Trinajstić information content (AvgIpc) is 1.94. The van der Waals surface area contributed by atoms with Crippen molar-refractivity contribution < 1.29 is 18.4 Å². The molecule has 0 aliphatic carbocycles. The highest BCUT2D eigenvalue weighted by atomic mass is 127. The first-order valence-corrected chi connectivity index (χ1v) is 4.32. The van der Waals surface area contributed by atoms with Crippen LogP contribution in [0.15, 0.2) is 25.9 Å². The minimum absolute atomic E-state index is 0.396. The predicted octanol–water partition coefficient (Wildman–Crippen LogP) is 3.45. The molecule has 0 spiro atoms. The number of alkyl halides is 3. The normalized spacial score (nSPS) is 15.5. The lowest BCUT2D eigenvalue weighted by atomic mass is 10.3. The van der Waals surface area contributed by atoms with E-state index in [0.717, 1.165) is 12.3 Å². The highest BCUT2D eigenvalue weighted by Crippen LogP contribution is 2.33. The molecule has 0 atom stereocenters. The van der Waals surface area contributed by atoms with E-state index in [1.165, 1.54) is 22.6 Å². The number of hydrogen-bond donors (Lipinski definition) is 1. The number of nitrogens with zero attached hydrogens (tertiary/aromatic N) is 1. The summed E-state index contributed by atoms with van der Waals surface area (Å²) in [6, 6.07) is 0. The molecule has 0 aliphatic rings. The maximum Gasteiger partial charge on any atom is 0.418 e. The van der Waals surface area contributed by atoms with Crippen LogP contribution in [0.4, 0.5) is 13.2 Å². The van der Waals surface area contributed by atoms with Gasteiger partial charge in [-0.2, -0.15) is 13.2 Å². The van der Waals surface area contributed by atoms with Gasteiger partial charge in [0.15, 0.2) is 0 Å². The highest BCUT2D eigenvalue weighted by molar-refractivity contribution is 14.1. The molecule has 1 N–H and O–H groups in total. The lowest BCUT2D eigenvalue weighted by molar-refractivity contribution is -0.0880. The molecule has 0 bridgehead atoms. The van der Waals surface area contributed by atoms with Crippen LogP contribution in [0.25, 0.3) is 0 Å².